The summed E-state index contributed by atoms with van der Waals surface area (Å²) in [5.74, 6) is 4.11. The van der Waals surface area contributed by atoms with Crippen molar-refractivity contribution >= 4 is 15.9 Å². The number of para-hydroxylation sites is 3. The molecule has 0 saturated carbocycles. The summed E-state index contributed by atoms with van der Waals surface area (Å²) >= 11 is 3.99. The predicted molar refractivity (Wildman–Crippen MR) is 280 cm³/mol. The van der Waals surface area contributed by atoms with Gasteiger partial charge in [-0.25, -0.2) is 0 Å². The molecule has 1 aliphatic carbocycles. The molecule has 358 valence electrons. The van der Waals surface area contributed by atoms with Crippen LogP contribution in [-0.2, 0) is 25.7 Å². The van der Waals surface area contributed by atoms with E-state index in [0.29, 0.717) is 6.61 Å². The predicted octanol–water partition coefficient (Wildman–Crippen LogP) is 18.1. The Morgan fingerprint density at radius 2 is 0.523 bits per heavy atom. The highest BCUT2D eigenvalue weighted by Gasteiger charge is 2.22. The highest BCUT2D eigenvalue weighted by atomic mass is 79.9. The molecule has 0 aromatic heterocycles. The number of ether oxygens (including phenoxy) is 4. The summed E-state index contributed by atoms with van der Waals surface area (Å²) in [7, 11) is 0. The first kappa shape index (κ1) is 52.5. The number of rotatable bonds is 32. The van der Waals surface area contributed by atoms with Crippen molar-refractivity contribution in [1.82, 2.24) is 0 Å². The molecule has 4 aromatic carbocycles. The van der Waals surface area contributed by atoms with Gasteiger partial charge in [0.25, 0.3) is 0 Å². The van der Waals surface area contributed by atoms with Gasteiger partial charge in [-0.2, -0.15) is 0 Å². The molecule has 4 nitrogen and oxygen atoms in total. The molecule has 0 spiro atoms. The lowest BCUT2D eigenvalue weighted by Gasteiger charge is -2.23. The summed E-state index contributed by atoms with van der Waals surface area (Å²) in [4.78, 5) is 0. The van der Waals surface area contributed by atoms with Gasteiger partial charge in [0.15, 0.2) is 0 Å². The maximum atomic E-state index is 6.99. The summed E-state index contributed by atoms with van der Waals surface area (Å²) in [5.41, 5.74) is 9.71. The Morgan fingerprint density at radius 3 is 0.785 bits per heavy atom. The van der Waals surface area contributed by atoms with Crippen LogP contribution in [-0.4, -0.2) is 26.4 Å². The van der Waals surface area contributed by atoms with Crippen LogP contribution in [0.1, 0.15) is 226 Å². The minimum atomic E-state index is 0.715. The fourth-order valence-corrected chi connectivity index (χ4v) is 10.1. The van der Waals surface area contributed by atoms with Crippen molar-refractivity contribution in [2.45, 2.75) is 207 Å². The molecule has 0 unspecified atom stereocenters. The molecule has 5 heteroatoms. The minimum absolute atomic E-state index is 0.715. The van der Waals surface area contributed by atoms with Gasteiger partial charge in [-0.15, -0.1) is 0 Å². The van der Waals surface area contributed by atoms with Crippen LogP contribution >= 0.6 is 15.9 Å². The van der Waals surface area contributed by atoms with Crippen LogP contribution in [0.5, 0.6) is 23.0 Å². The monoisotopic (exact) mass is 951 g/mol. The quantitative estimate of drug-likeness (QED) is 0.0403. The molecule has 65 heavy (non-hydrogen) atoms. The average Bonchev–Trinajstić information content (AvgIpc) is 3.30. The van der Waals surface area contributed by atoms with Crippen LogP contribution in [0.4, 0.5) is 0 Å². The van der Waals surface area contributed by atoms with Gasteiger partial charge in [-0.3, -0.25) is 0 Å². The highest BCUT2D eigenvalue weighted by Crippen LogP contribution is 2.40. The fourth-order valence-electron chi connectivity index (χ4n) is 9.51. The maximum absolute atomic E-state index is 6.99. The lowest BCUT2D eigenvalue weighted by Crippen LogP contribution is -2.10. The number of hydrogen-bond acceptors (Lipinski definition) is 4. The number of unbranched alkanes of at least 4 members (excludes halogenated alkanes) is 20. The molecular formula is C60H87BrO4. The lowest BCUT2D eigenvalue weighted by molar-refractivity contribution is 0.293. The normalized spacial score (nSPS) is 12.3. The van der Waals surface area contributed by atoms with Crippen LogP contribution in [0.2, 0.25) is 0 Å². The van der Waals surface area contributed by atoms with Crippen molar-refractivity contribution in [3.63, 3.8) is 0 Å². The molecule has 0 saturated heterocycles. The van der Waals surface area contributed by atoms with Gasteiger partial charge in [-0.1, -0.05) is 227 Å². The Kier molecular flexibility index (Phi) is 25.5. The zero-order valence-electron chi connectivity index (χ0n) is 41.5. The van der Waals surface area contributed by atoms with Crippen LogP contribution in [0.3, 0.4) is 0 Å². The van der Waals surface area contributed by atoms with Gasteiger partial charge < -0.3 is 18.9 Å². The second-order valence-corrected chi connectivity index (χ2v) is 19.9. The van der Waals surface area contributed by atoms with Crippen molar-refractivity contribution in [3.05, 3.63) is 116 Å². The van der Waals surface area contributed by atoms with E-state index in [-0.39, 0.29) is 0 Å². The Bertz CT molecular complexity index is 1800. The van der Waals surface area contributed by atoms with Crippen molar-refractivity contribution < 1.29 is 18.9 Å². The number of fused-ring (bicyclic) bond motifs is 8. The molecule has 8 bridgehead atoms. The van der Waals surface area contributed by atoms with E-state index >= 15 is 0 Å². The van der Waals surface area contributed by atoms with Crippen LogP contribution in [0.25, 0.3) is 0 Å². The van der Waals surface area contributed by atoms with Crippen molar-refractivity contribution in [2.24, 2.45) is 0 Å². The number of hydrogen-bond donors (Lipinski definition) is 0. The van der Waals surface area contributed by atoms with Gasteiger partial charge in [0.1, 0.15) is 23.0 Å². The first-order valence-corrected chi connectivity index (χ1v) is 27.5. The Morgan fingerprint density at radius 1 is 0.308 bits per heavy atom. The molecule has 0 amide bonds. The van der Waals surface area contributed by atoms with Crippen molar-refractivity contribution in [2.75, 3.05) is 26.4 Å². The molecular weight excluding hydrogens is 865 g/mol. The standard InChI is InChI=1S/C60H87BrO4/c1-5-9-13-17-21-25-38-62-57-48-32-29-33-49(57)43-51-35-31-37-53(59(51)64-40-27-23-19-15-11-7-3)45-55-47-56(61)46-54(60(55)65-41-28-24-20-16-12-8-4)44-52-36-30-34-50(42-48)58(52)63-39-26-22-18-14-10-6-2/h29-37,46-47H,5-28,38-45H2,1-4H3. The third-order valence-corrected chi connectivity index (χ3v) is 13.7. The van der Waals surface area contributed by atoms with E-state index in [1.807, 2.05) is 0 Å². The van der Waals surface area contributed by atoms with Crippen LogP contribution < -0.4 is 18.9 Å². The Hall–Kier alpha value is -3.44. The summed E-state index contributed by atoms with van der Waals surface area (Å²) in [6.07, 6.45) is 32.6. The maximum Gasteiger partial charge on any atom is 0.126 e. The van der Waals surface area contributed by atoms with E-state index < -0.39 is 0 Å². The minimum Gasteiger partial charge on any atom is -0.493 e. The molecule has 0 atom stereocenters. The van der Waals surface area contributed by atoms with Crippen LogP contribution in [0.15, 0.2) is 71.2 Å². The number of benzene rings is 4. The van der Waals surface area contributed by atoms with E-state index in [1.54, 1.807) is 0 Å². The van der Waals surface area contributed by atoms with E-state index in [9.17, 15) is 0 Å². The van der Waals surface area contributed by atoms with Gasteiger partial charge in [-0.05, 0) is 71.2 Å². The zero-order chi connectivity index (χ0) is 45.7. The lowest BCUT2D eigenvalue weighted by atomic mass is 9.91. The van der Waals surface area contributed by atoms with Gasteiger partial charge in [0.2, 0.25) is 0 Å². The van der Waals surface area contributed by atoms with Crippen molar-refractivity contribution in [1.29, 1.82) is 0 Å². The first-order valence-electron chi connectivity index (χ1n) is 26.7. The Balaban J connectivity index is 1.58. The molecule has 0 fully saturated rings. The largest absolute Gasteiger partial charge is 0.493 e. The second-order valence-electron chi connectivity index (χ2n) is 18.9. The molecule has 0 heterocycles. The summed E-state index contributed by atoms with van der Waals surface area (Å²) in [6.45, 7) is 12.0. The van der Waals surface area contributed by atoms with E-state index in [4.69, 9.17) is 18.9 Å². The van der Waals surface area contributed by atoms with Crippen molar-refractivity contribution in [3.8, 4) is 23.0 Å². The summed E-state index contributed by atoms with van der Waals surface area (Å²) < 4.78 is 29.0. The second kappa shape index (κ2) is 31.5. The molecule has 1 aliphatic rings. The van der Waals surface area contributed by atoms with Gasteiger partial charge in [0.05, 0.1) is 26.4 Å². The Labute approximate surface area is 405 Å². The van der Waals surface area contributed by atoms with Crippen LogP contribution in [0, 0.1) is 0 Å². The summed E-state index contributed by atoms with van der Waals surface area (Å²) in [5, 5.41) is 0. The summed E-state index contributed by atoms with van der Waals surface area (Å²) in [6, 6.07) is 25.0. The number of halogens is 1. The molecule has 5 rings (SSSR count). The fraction of sp³-hybridized carbons (Fsp3) is 0.600. The molecule has 0 N–H and O–H groups in total. The van der Waals surface area contributed by atoms with E-state index in [0.717, 1.165) is 98.7 Å². The third kappa shape index (κ3) is 18.3. The van der Waals surface area contributed by atoms with Gasteiger partial charge in [0, 0.05) is 41.3 Å². The molecule has 0 aliphatic heterocycles. The third-order valence-electron chi connectivity index (χ3n) is 13.2. The van der Waals surface area contributed by atoms with E-state index in [2.05, 4.69) is 110 Å². The molecule has 0 radical (unpaired) electrons. The smallest absolute Gasteiger partial charge is 0.126 e. The highest BCUT2D eigenvalue weighted by molar-refractivity contribution is 9.10. The van der Waals surface area contributed by atoms with E-state index in [1.165, 1.54) is 173 Å². The first-order chi connectivity index (χ1) is 32.1. The topological polar surface area (TPSA) is 36.9 Å². The van der Waals surface area contributed by atoms with Gasteiger partial charge >= 0.3 is 0 Å². The molecule has 4 aromatic rings. The SMILES string of the molecule is CCCCCCCCOc1c2cccc1Cc1cccc(c1OCCCCCCCC)Cc1cc(Br)cc(c1OCCCCCCCC)Cc1cccc(c1OCCCCCCCC)C2. The average molecular weight is 952 g/mol. The zero-order valence-corrected chi connectivity index (χ0v) is 43.1.